The van der Waals surface area contributed by atoms with Gasteiger partial charge in [0, 0.05) is 26.6 Å². The molecule has 1 aromatic carbocycles. The molecule has 1 aliphatic heterocycles. The van der Waals surface area contributed by atoms with Crippen LogP contribution in [0.1, 0.15) is 32.6 Å². The zero-order valence-corrected chi connectivity index (χ0v) is 17.8. The topological polar surface area (TPSA) is 134 Å². The number of H-pyrrole nitrogens is 1. The molecule has 10 nitrogen and oxygen atoms in total. The summed E-state index contributed by atoms with van der Waals surface area (Å²) < 4.78 is 1.31. The Balaban J connectivity index is 1.79. The highest BCUT2D eigenvalue weighted by Crippen LogP contribution is 2.29. The van der Waals surface area contributed by atoms with Crippen molar-refractivity contribution >= 4 is 34.7 Å². The third-order valence-electron chi connectivity index (χ3n) is 5.25. The summed E-state index contributed by atoms with van der Waals surface area (Å²) in [6.07, 6.45) is 2.85. The van der Waals surface area contributed by atoms with Gasteiger partial charge >= 0.3 is 5.69 Å². The third-order valence-corrected chi connectivity index (χ3v) is 5.25. The number of carbonyl (C=O) groups is 2. The lowest BCUT2D eigenvalue weighted by molar-refractivity contribution is -0.117. The molecule has 2 amide bonds. The molecule has 0 saturated carbocycles. The van der Waals surface area contributed by atoms with Gasteiger partial charge in [-0.25, -0.2) is 4.79 Å². The summed E-state index contributed by atoms with van der Waals surface area (Å²) in [4.78, 5) is 54.6. The van der Waals surface area contributed by atoms with Crippen molar-refractivity contribution in [2.24, 2.45) is 0 Å². The largest absolute Gasteiger partial charge is 0.383 e. The van der Waals surface area contributed by atoms with E-state index in [1.54, 1.807) is 30.1 Å². The lowest BCUT2D eigenvalue weighted by Gasteiger charge is -2.23. The van der Waals surface area contributed by atoms with Gasteiger partial charge in [0.2, 0.25) is 11.8 Å². The van der Waals surface area contributed by atoms with Crippen LogP contribution in [0.25, 0.3) is 0 Å². The molecule has 0 bridgehead atoms. The van der Waals surface area contributed by atoms with Gasteiger partial charge in [-0.05, 0) is 25.0 Å². The first-order valence-corrected chi connectivity index (χ1v) is 10.4. The Morgan fingerprint density at radius 1 is 1.26 bits per heavy atom. The van der Waals surface area contributed by atoms with E-state index in [-0.39, 0.29) is 29.9 Å². The predicted octanol–water partition coefficient (Wildman–Crippen LogP) is 1.12. The molecular formula is C21H28N6O4. The summed E-state index contributed by atoms with van der Waals surface area (Å²) in [5, 5.41) is 2.81. The van der Waals surface area contributed by atoms with E-state index in [4.69, 9.17) is 5.73 Å². The van der Waals surface area contributed by atoms with Crippen LogP contribution >= 0.6 is 0 Å². The molecule has 3 rings (SSSR count). The van der Waals surface area contributed by atoms with E-state index in [0.29, 0.717) is 30.9 Å². The third kappa shape index (κ3) is 4.79. The molecule has 0 atom stereocenters. The number of carbonyl (C=O) groups excluding carboxylic acids is 2. The molecular weight excluding hydrogens is 400 g/mol. The number of likely N-dealkylation sites (N-methyl/N-ethyl adjacent to an activating group) is 1. The van der Waals surface area contributed by atoms with Crippen molar-refractivity contribution in [2.45, 2.75) is 39.2 Å². The fraction of sp³-hybridized carbons (Fsp3) is 0.429. The normalized spacial score (nSPS) is 13.5. The van der Waals surface area contributed by atoms with Gasteiger partial charge in [0.05, 0.1) is 17.9 Å². The average Bonchev–Trinajstić information content (AvgIpc) is 3.13. The number of nitrogens with one attached hydrogen (secondary N) is 2. The lowest BCUT2D eigenvalue weighted by atomic mass is 10.2. The van der Waals surface area contributed by atoms with E-state index in [2.05, 4.69) is 10.3 Å². The van der Waals surface area contributed by atoms with Crippen LogP contribution in [0.4, 0.5) is 22.9 Å². The molecule has 2 aromatic rings. The minimum absolute atomic E-state index is 0.0208. The highest BCUT2D eigenvalue weighted by molar-refractivity contribution is 6.03. The van der Waals surface area contributed by atoms with Gasteiger partial charge in [-0.1, -0.05) is 25.5 Å². The smallest absolute Gasteiger partial charge is 0.330 e. The number of hydrogen-bond acceptors (Lipinski definition) is 6. The van der Waals surface area contributed by atoms with Crippen LogP contribution in [0, 0.1) is 0 Å². The molecule has 1 aliphatic rings. The predicted molar refractivity (Wildman–Crippen MR) is 121 cm³/mol. The van der Waals surface area contributed by atoms with Crippen molar-refractivity contribution < 1.29 is 9.59 Å². The molecule has 0 aliphatic carbocycles. The SMILES string of the molecule is CCCCn1c(N)c(N(C)CC(=O)Nc2ccccc2N2CCCC2=O)c(=O)[nH]c1=O. The van der Waals surface area contributed by atoms with Crippen molar-refractivity contribution in [1.82, 2.24) is 9.55 Å². The zero-order chi connectivity index (χ0) is 22.5. The van der Waals surface area contributed by atoms with E-state index in [1.165, 1.54) is 9.47 Å². The number of nitrogen functional groups attached to an aromatic ring is 1. The molecule has 0 spiro atoms. The number of hydrogen-bond donors (Lipinski definition) is 3. The van der Waals surface area contributed by atoms with Gasteiger partial charge in [-0.15, -0.1) is 0 Å². The number of nitrogens with zero attached hydrogens (tertiary/aromatic N) is 3. The second-order valence-electron chi connectivity index (χ2n) is 7.57. The van der Waals surface area contributed by atoms with Crippen molar-refractivity contribution in [2.75, 3.05) is 41.0 Å². The van der Waals surface area contributed by atoms with E-state index < -0.39 is 11.2 Å². The van der Waals surface area contributed by atoms with Crippen LogP contribution in [0.5, 0.6) is 0 Å². The van der Waals surface area contributed by atoms with Gasteiger partial charge in [0.15, 0.2) is 0 Å². The fourth-order valence-corrected chi connectivity index (χ4v) is 3.69. The van der Waals surface area contributed by atoms with Crippen molar-refractivity contribution in [3.05, 3.63) is 45.1 Å². The van der Waals surface area contributed by atoms with Crippen LogP contribution in [0.2, 0.25) is 0 Å². The summed E-state index contributed by atoms with van der Waals surface area (Å²) in [5.41, 5.74) is 6.12. The molecule has 2 heterocycles. The molecule has 166 valence electrons. The molecule has 4 N–H and O–H groups in total. The summed E-state index contributed by atoms with van der Waals surface area (Å²) in [7, 11) is 1.56. The number of benzene rings is 1. The molecule has 0 unspecified atom stereocenters. The maximum absolute atomic E-state index is 12.7. The number of unbranched alkanes of at least 4 members (excludes halogenated alkanes) is 1. The van der Waals surface area contributed by atoms with Crippen molar-refractivity contribution in [3.8, 4) is 0 Å². The Labute approximate surface area is 179 Å². The highest BCUT2D eigenvalue weighted by Gasteiger charge is 2.24. The van der Waals surface area contributed by atoms with Gasteiger partial charge in [0.25, 0.3) is 5.56 Å². The minimum Gasteiger partial charge on any atom is -0.383 e. The first-order chi connectivity index (χ1) is 14.8. The maximum atomic E-state index is 12.7. The first kappa shape index (κ1) is 22.1. The summed E-state index contributed by atoms with van der Waals surface area (Å²) >= 11 is 0. The number of amides is 2. The number of anilines is 4. The van der Waals surface area contributed by atoms with E-state index in [1.807, 2.05) is 13.0 Å². The van der Waals surface area contributed by atoms with Gasteiger partial charge in [-0.2, -0.15) is 0 Å². The average molecular weight is 428 g/mol. The zero-order valence-electron chi connectivity index (χ0n) is 17.8. The number of aromatic nitrogens is 2. The summed E-state index contributed by atoms with van der Waals surface area (Å²) in [6.45, 7) is 2.80. The van der Waals surface area contributed by atoms with Crippen LogP contribution in [0.3, 0.4) is 0 Å². The molecule has 10 heteroatoms. The Morgan fingerprint density at radius 2 is 2.00 bits per heavy atom. The van der Waals surface area contributed by atoms with Crippen LogP contribution in [-0.2, 0) is 16.1 Å². The first-order valence-electron chi connectivity index (χ1n) is 10.4. The highest BCUT2D eigenvalue weighted by atomic mass is 16.2. The van der Waals surface area contributed by atoms with Gasteiger partial charge < -0.3 is 20.9 Å². The monoisotopic (exact) mass is 428 g/mol. The van der Waals surface area contributed by atoms with Crippen molar-refractivity contribution in [1.29, 1.82) is 0 Å². The van der Waals surface area contributed by atoms with Crippen LogP contribution in [-0.4, -0.2) is 41.5 Å². The number of aromatic amines is 1. The molecule has 31 heavy (non-hydrogen) atoms. The van der Waals surface area contributed by atoms with E-state index >= 15 is 0 Å². The molecule has 1 fully saturated rings. The van der Waals surface area contributed by atoms with Crippen LogP contribution in [0.15, 0.2) is 33.9 Å². The summed E-state index contributed by atoms with van der Waals surface area (Å²) in [6, 6.07) is 7.10. The van der Waals surface area contributed by atoms with Gasteiger partial charge in [-0.3, -0.25) is 23.9 Å². The molecule has 1 aromatic heterocycles. The van der Waals surface area contributed by atoms with E-state index in [9.17, 15) is 19.2 Å². The second kappa shape index (κ2) is 9.50. The number of para-hydroxylation sites is 2. The maximum Gasteiger partial charge on any atom is 0.330 e. The van der Waals surface area contributed by atoms with E-state index in [0.717, 1.165) is 19.3 Å². The minimum atomic E-state index is -0.645. The number of nitrogens with two attached hydrogens (primary N) is 1. The standard InChI is InChI=1S/C21H28N6O4/c1-3-4-11-27-19(22)18(20(30)24-21(27)31)25(2)13-16(28)23-14-8-5-6-9-15(14)26-12-7-10-17(26)29/h5-6,8-9H,3-4,7,10-13,22H2,1-2H3,(H,23,28)(H,24,30,31). The Bertz CT molecular complexity index is 1090. The molecule has 1 saturated heterocycles. The summed E-state index contributed by atoms with van der Waals surface area (Å²) in [5.74, 6) is -0.334. The second-order valence-corrected chi connectivity index (χ2v) is 7.57. The Hall–Kier alpha value is -3.56. The Kier molecular flexibility index (Phi) is 6.78. The molecule has 0 radical (unpaired) electrons. The Morgan fingerprint density at radius 3 is 2.68 bits per heavy atom. The number of rotatable bonds is 8. The van der Waals surface area contributed by atoms with Crippen LogP contribution < -0.4 is 32.1 Å². The van der Waals surface area contributed by atoms with Gasteiger partial charge in [0.1, 0.15) is 11.5 Å². The fourth-order valence-electron chi connectivity index (χ4n) is 3.69. The van der Waals surface area contributed by atoms with Crippen molar-refractivity contribution in [3.63, 3.8) is 0 Å². The lowest BCUT2D eigenvalue weighted by Crippen LogP contribution is -2.39. The quantitative estimate of drug-likeness (QED) is 0.577.